The summed E-state index contributed by atoms with van der Waals surface area (Å²) in [6, 6.07) is 15.7. The van der Waals surface area contributed by atoms with Crippen LogP contribution in [0.5, 0.6) is 5.75 Å². The first-order valence-corrected chi connectivity index (χ1v) is 18.3. The molecule has 0 saturated heterocycles. The van der Waals surface area contributed by atoms with Crippen LogP contribution >= 0.6 is 28.3 Å². The second-order valence-electron chi connectivity index (χ2n) is 11.7. The third-order valence-electron chi connectivity index (χ3n) is 7.33. The molecule has 12 nitrogen and oxygen atoms in total. The number of halogens is 1. The van der Waals surface area contributed by atoms with E-state index in [-0.39, 0.29) is 28.7 Å². The molecule has 0 radical (unpaired) electrons. The van der Waals surface area contributed by atoms with Crippen molar-refractivity contribution in [3.63, 3.8) is 0 Å². The fourth-order valence-electron chi connectivity index (χ4n) is 4.94. The maximum atomic E-state index is 13.6. The molecule has 2 amide bonds. The van der Waals surface area contributed by atoms with E-state index in [2.05, 4.69) is 30.6 Å². The van der Waals surface area contributed by atoms with Crippen molar-refractivity contribution in [2.75, 3.05) is 29.4 Å². The largest absolute Gasteiger partial charge is 0.497 e. The number of rotatable bonds is 18. The highest BCUT2D eigenvalue weighted by atomic mass is 79.9. The van der Waals surface area contributed by atoms with Gasteiger partial charge in [0, 0.05) is 34.4 Å². The van der Waals surface area contributed by atoms with Crippen LogP contribution in [0.4, 0.5) is 16.5 Å². The molecular formula is C34H44BrN7O5S2. The third kappa shape index (κ3) is 12.7. The van der Waals surface area contributed by atoms with E-state index >= 15 is 0 Å². The minimum atomic E-state index is -3.83. The summed E-state index contributed by atoms with van der Waals surface area (Å²) in [6.45, 7) is 4.36. The summed E-state index contributed by atoms with van der Waals surface area (Å²) < 4.78 is 33.9. The Morgan fingerprint density at radius 2 is 1.71 bits per heavy atom. The SMILES string of the molecule is Br.COc1ccc(NS(=O)(=O)C[C@H](CCCCN)NC(=O)[C@H](CC(C)C)NC(=O)c2ccc(-c3csc(Nc4cccnc4)n3)cc2)cc1. The van der Waals surface area contributed by atoms with Crippen LogP contribution in [0.15, 0.2) is 78.4 Å². The maximum absolute atomic E-state index is 13.6. The van der Waals surface area contributed by atoms with Gasteiger partial charge in [-0.05, 0) is 80.3 Å². The van der Waals surface area contributed by atoms with Gasteiger partial charge >= 0.3 is 0 Å². The average Bonchev–Trinajstić information content (AvgIpc) is 3.53. The van der Waals surface area contributed by atoms with Crippen molar-refractivity contribution >= 4 is 66.7 Å². The smallest absolute Gasteiger partial charge is 0.251 e. The molecule has 0 aliphatic heterocycles. The molecule has 0 saturated carbocycles. The van der Waals surface area contributed by atoms with Crippen molar-refractivity contribution in [1.29, 1.82) is 0 Å². The number of pyridine rings is 1. The Morgan fingerprint density at radius 1 is 0.980 bits per heavy atom. The Morgan fingerprint density at radius 3 is 2.35 bits per heavy atom. The summed E-state index contributed by atoms with van der Waals surface area (Å²) >= 11 is 1.46. The number of aromatic nitrogens is 2. The van der Waals surface area contributed by atoms with Gasteiger partial charge < -0.3 is 26.4 Å². The highest BCUT2D eigenvalue weighted by Crippen LogP contribution is 2.27. The number of ether oxygens (including phenoxy) is 1. The number of unbranched alkanes of at least 4 members (excludes halogenated alkanes) is 1. The lowest BCUT2D eigenvalue weighted by Gasteiger charge is -2.25. The molecule has 0 aliphatic rings. The Kier molecular flexibility index (Phi) is 15.4. The first kappa shape index (κ1) is 39.4. The predicted octanol–water partition coefficient (Wildman–Crippen LogP) is 5.74. The zero-order valence-corrected chi connectivity index (χ0v) is 31.1. The van der Waals surface area contributed by atoms with Crippen LogP contribution in [0, 0.1) is 5.92 Å². The summed E-state index contributed by atoms with van der Waals surface area (Å²) in [5, 5.41) is 11.6. The lowest BCUT2D eigenvalue weighted by atomic mass is 10.0. The molecule has 2 atom stereocenters. The second kappa shape index (κ2) is 19.2. The summed E-state index contributed by atoms with van der Waals surface area (Å²) in [5.74, 6) is -0.508. The number of nitrogens with one attached hydrogen (secondary N) is 4. The van der Waals surface area contributed by atoms with E-state index < -0.39 is 33.9 Å². The lowest BCUT2D eigenvalue weighted by Crippen LogP contribution is -2.51. The first-order valence-electron chi connectivity index (χ1n) is 15.7. The Hall–Kier alpha value is -4.05. The standard InChI is InChI=1S/C34H43N7O5S2.BrH/c1-23(2)19-30(33(43)37-28(7-4-5-17-35)22-48(44,45)41-26-13-15-29(46-3)16-14-26)39-32(42)25-11-9-24(10-12-25)31-21-47-34(40-31)38-27-8-6-18-36-20-27;/h6,8-16,18,20-21,23,28,30,41H,4-5,7,17,19,22,35H2,1-3H3,(H,37,43)(H,38,40)(H,39,42);1H/t28-,30-;/m0./s1. The van der Waals surface area contributed by atoms with Gasteiger partial charge in [0.05, 0.1) is 30.4 Å². The molecule has 6 N–H and O–H groups in total. The summed E-state index contributed by atoms with van der Waals surface area (Å²) in [6.07, 6.45) is 5.51. The molecule has 0 spiro atoms. The first-order chi connectivity index (χ1) is 23.0. The average molecular weight is 775 g/mol. The Balaban J connectivity index is 0.00000650. The molecule has 2 aromatic carbocycles. The van der Waals surface area contributed by atoms with Gasteiger partial charge in [0.2, 0.25) is 15.9 Å². The number of sulfonamides is 1. The molecule has 2 heterocycles. The number of amides is 2. The normalized spacial score (nSPS) is 12.3. The van der Waals surface area contributed by atoms with Crippen molar-refractivity contribution in [3.05, 3.63) is 84.0 Å². The maximum Gasteiger partial charge on any atom is 0.251 e. The number of nitrogens with zero attached hydrogens (tertiary/aromatic N) is 2. The third-order valence-corrected chi connectivity index (χ3v) is 9.47. The van der Waals surface area contributed by atoms with E-state index in [0.717, 1.165) is 16.9 Å². The zero-order valence-electron chi connectivity index (χ0n) is 27.7. The molecule has 0 unspecified atom stereocenters. The second-order valence-corrected chi connectivity index (χ2v) is 14.4. The van der Waals surface area contributed by atoms with Gasteiger partial charge in [0.1, 0.15) is 11.8 Å². The van der Waals surface area contributed by atoms with E-state index in [1.165, 1.54) is 18.4 Å². The van der Waals surface area contributed by atoms with Gasteiger partial charge in [-0.2, -0.15) is 0 Å². The molecule has 4 rings (SSSR count). The molecule has 0 aliphatic carbocycles. The van der Waals surface area contributed by atoms with Crippen LogP contribution in [0.1, 0.15) is 49.9 Å². The van der Waals surface area contributed by atoms with Gasteiger partial charge in [-0.1, -0.05) is 32.4 Å². The summed E-state index contributed by atoms with van der Waals surface area (Å²) in [4.78, 5) is 35.6. The van der Waals surface area contributed by atoms with E-state index in [9.17, 15) is 18.0 Å². The van der Waals surface area contributed by atoms with Crippen LogP contribution in [-0.2, 0) is 14.8 Å². The molecule has 49 heavy (non-hydrogen) atoms. The molecular weight excluding hydrogens is 730 g/mol. The number of benzene rings is 2. The summed E-state index contributed by atoms with van der Waals surface area (Å²) in [7, 11) is -2.30. The van der Waals surface area contributed by atoms with Crippen LogP contribution in [0.25, 0.3) is 11.3 Å². The van der Waals surface area contributed by atoms with Gasteiger partial charge in [0.25, 0.3) is 5.91 Å². The predicted molar refractivity (Wildman–Crippen MR) is 201 cm³/mol. The zero-order chi connectivity index (χ0) is 34.5. The van der Waals surface area contributed by atoms with E-state index in [1.807, 2.05) is 43.5 Å². The minimum Gasteiger partial charge on any atom is -0.497 e. The van der Waals surface area contributed by atoms with E-state index in [0.29, 0.717) is 54.4 Å². The molecule has 4 aromatic rings. The minimum absolute atomic E-state index is 0. The van der Waals surface area contributed by atoms with Gasteiger partial charge in [0.15, 0.2) is 5.13 Å². The Bertz CT molecular complexity index is 1720. The van der Waals surface area contributed by atoms with Crippen LogP contribution in [-0.4, -0.2) is 61.7 Å². The fraction of sp³-hybridized carbons (Fsp3) is 0.353. The highest BCUT2D eigenvalue weighted by molar-refractivity contribution is 8.93. The summed E-state index contributed by atoms with van der Waals surface area (Å²) in [5.41, 5.74) is 8.87. The number of carbonyl (C=O) groups is 2. The van der Waals surface area contributed by atoms with E-state index in [1.54, 1.807) is 48.8 Å². The van der Waals surface area contributed by atoms with E-state index in [4.69, 9.17) is 10.5 Å². The van der Waals surface area contributed by atoms with Gasteiger partial charge in [-0.3, -0.25) is 19.3 Å². The number of hydrogen-bond acceptors (Lipinski definition) is 10. The molecule has 15 heteroatoms. The number of anilines is 3. The van der Waals surface area contributed by atoms with Crippen LogP contribution < -0.4 is 31.1 Å². The van der Waals surface area contributed by atoms with Crippen molar-refractivity contribution < 1.29 is 22.7 Å². The van der Waals surface area contributed by atoms with Gasteiger partial charge in [-0.25, -0.2) is 13.4 Å². The quantitative estimate of drug-likeness (QED) is 0.0790. The van der Waals surface area contributed by atoms with Crippen molar-refractivity contribution in [1.82, 2.24) is 20.6 Å². The molecule has 2 aromatic heterocycles. The van der Waals surface area contributed by atoms with Crippen molar-refractivity contribution in [3.8, 4) is 17.0 Å². The number of nitrogens with two attached hydrogens (primary N) is 1. The van der Waals surface area contributed by atoms with Crippen molar-refractivity contribution in [2.24, 2.45) is 11.7 Å². The lowest BCUT2D eigenvalue weighted by molar-refractivity contribution is -0.124. The van der Waals surface area contributed by atoms with Crippen LogP contribution in [0.3, 0.4) is 0 Å². The topological polar surface area (TPSA) is 177 Å². The number of carbonyl (C=O) groups excluding carboxylic acids is 2. The van der Waals surface area contributed by atoms with Crippen LogP contribution in [0.2, 0.25) is 0 Å². The fourth-order valence-corrected chi connectivity index (χ4v) is 7.04. The number of methoxy groups -OCH3 is 1. The highest BCUT2D eigenvalue weighted by Gasteiger charge is 2.27. The number of thiazole rings is 1. The Labute approximate surface area is 302 Å². The molecule has 0 bridgehead atoms. The van der Waals surface area contributed by atoms with Gasteiger partial charge in [-0.15, -0.1) is 28.3 Å². The van der Waals surface area contributed by atoms with Crippen molar-refractivity contribution in [2.45, 2.75) is 51.6 Å². The molecule has 264 valence electrons. The monoisotopic (exact) mass is 773 g/mol. The molecule has 0 fully saturated rings. The number of hydrogen-bond donors (Lipinski definition) is 5.